The van der Waals surface area contributed by atoms with E-state index in [4.69, 9.17) is 9.47 Å². The molecule has 0 saturated carbocycles. The van der Waals surface area contributed by atoms with Gasteiger partial charge in [0, 0.05) is 0 Å². The number of para-hydroxylation sites is 1. The van der Waals surface area contributed by atoms with Gasteiger partial charge in [0.15, 0.2) is 0 Å². The lowest BCUT2D eigenvalue weighted by Gasteiger charge is -2.21. The van der Waals surface area contributed by atoms with E-state index in [-0.39, 0.29) is 12.5 Å². The summed E-state index contributed by atoms with van der Waals surface area (Å²) in [5, 5.41) is 2.71. The molecule has 2 aromatic rings. The summed E-state index contributed by atoms with van der Waals surface area (Å²) in [7, 11) is 0. The van der Waals surface area contributed by atoms with Crippen LogP contribution in [-0.2, 0) is 16.1 Å². The molecular weight excluding hydrogens is 349 g/mol. The lowest BCUT2D eigenvalue weighted by atomic mass is 10.0. The zero-order valence-electron chi connectivity index (χ0n) is 15.7. The zero-order valence-corrected chi connectivity index (χ0v) is 15.7. The van der Waals surface area contributed by atoms with E-state index >= 15 is 0 Å². The molecule has 1 N–H and O–H groups in total. The molecule has 0 aromatic heterocycles. The Hall–Kier alpha value is -2.89. The van der Waals surface area contributed by atoms with E-state index in [0.29, 0.717) is 23.5 Å². The average Bonchev–Trinajstić information content (AvgIpc) is 2.64. The van der Waals surface area contributed by atoms with Crippen molar-refractivity contribution in [3.05, 3.63) is 65.5 Å². The first-order valence-electron chi connectivity index (χ1n) is 8.86. The van der Waals surface area contributed by atoms with E-state index in [9.17, 15) is 14.0 Å². The zero-order chi connectivity index (χ0) is 19.8. The molecule has 5 nitrogen and oxygen atoms in total. The van der Waals surface area contributed by atoms with E-state index < -0.39 is 23.7 Å². The number of halogens is 1. The average molecular weight is 373 g/mol. The van der Waals surface area contributed by atoms with E-state index in [1.165, 1.54) is 12.1 Å². The highest BCUT2D eigenvalue weighted by Gasteiger charge is 2.27. The van der Waals surface area contributed by atoms with Crippen molar-refractivity contribution in [2.75, 3.05) is 6.61 Å². The third-order valence-corrected chi connectivity index (χ3v) is 3.91. The normalized spacial score (nSPS) is 11.7. The van der Waals surface area contributed by atoms with Crippen LogP contribution >= 0.6 is 0 Å². The fraction of sp³-hybridized carbons (Fsp3) is 0.333. The maximum Gasteiger partial charge on any atom is 0.329 e. The van der Waals surface area contributed by atoms with Crippen LogP contribution in [0.15, 0.2) is 48.5 Å². The summed E-state index contributed by atoms with van der Waals surface area (Å²) in [6, 6.07) is 11.8. The molecule has 2 aromatic carbocycles. The summed E-state index contributed by atoms with van der Waals surface area (Å²) in [6.45, 7) is 5.81. The molecule has 0 spiro atoms. The molecule has 144 valence electrons. The minimum Gasteiger partial charge on any atom is -0.493 e. The summed E-state index contributed by atoms with van der Waals surface area (Å²) in [6.07, 6.45) is 0. The first-order valence-corrected chi connectivity index (χ1v) is 8.86. The minimum atomic E-state index is -0.833. The van der Waals surface area contributed by atoms with E-state index in [1.807, 2.05) is 20.8 Å². The van der Waals surface area contributed by atoms with Crippen LogP contribution < -0.4 is 10.1 Å². The van der Waals surface area contributed by atoms with Crippen LogP contribution in [0.2, 0.25) is 0 Å². The van der Waals surface area contributed by atoms with E-state index in [0.717, 1.165) is 0 Å². The summed E-state index contributed by atoms with van der Waals surface area (Å²) in [4.78, 5) is 25.1. The molecular formula is C21H24FNO4. The molecule has 0 heterocycles. The molecule has 2 rings (SSSR count). The lowest BCUT2D eigenvalue weighted by Crippen LogP contribution is -2.45. The van der Waals surface area contributed by atoms with Crippen LogP contribution in [0.4, 0.5) is 4.39 Å². The van der Waals surface area contributed by atoms with Crippen molar-refractivity contribution in [1.82, 2.24) is 5.32 Å². The molecule has 1 atom stereocenters. The van der Waals surface area contributed by atoms with E-state index in [1.54, 1.807) is 36.4 Å². The van der Waals surface area contributed by atoms with Gasteiger partial charge in [-0.15, -0.1) is 0 Å². The van der Waals surface area contributed by atoms with Gasteiger partial charge in [-0.25, -0.2) is 9.18 Å². The highest BCUT2D eigenvalue weighted by Crippen LogP contribution is 2.19. The predicted octanol–water partition coefficient (Wildman–Crippen LogP) is 3.72. The van der Waals surface area contributed by atoms with Crippen LogP contribution in [0.25, 0.3) is 0 Å². The number of hydrogen-bond donors (Lipinski definition) is 1. The van der Waals surface area contributed by atoms with Gasteiger partial charge >= 0.3 is 5.97 Å². The van der Waals surface area contributed by atoms with Crippen molar-refractivity contribution >= 4 is 11.9 Å². The highest BCUT2D eigenvalue weighted by atomic mass is 19.1. The van der Waals surface area contributed by atoms with Crippen molar-refractivity contribution in [2.45, 2.75) is 33.4 Å². The molecule has 0 aliphatic rings. The number of rotatable bonds is 8. The molecule has 6 heteroatoms. The summed E-state index contributed by atoms with van der Waals surface area (Å²) < 4.78 is 24.0. The highest BCUT2D eigenvalue weighted by molar-refractivity contribution is 5.99. The van der Waals surface area contributed by atoms with Crippen molar-refractivity contribution in [1.29, 1.82) is 0 Å². The Kier molecular flexibility index (Phi) is 7.34. The fourth-order valence-corrected chi connectivity index (χ4v) is 2.52. The van der Waals surface area contributed by atoms with E-state index in [2.05, 4.69) is 5.32 Å². The Morgan fingerprint density at radius 2 is 1.85 bits per heavy atom. The van der Waals surface area contributed by atoms with Gasteiger partial charge < -0.3 is 14.8 Å². The van der Waals surface area contributed by atoms with Gasteiger partial charge in [0.1, 0.15) is 24.2 Å². The number of ether oxygens (including phenoxy) is 2. The molecule has 0 unspecified atom stereocenters. The number of hydrogen-bond acceptors (Lipinski definition) is 4. The molecule has 1 amide bonds. The second-order valence-electron chi connectivity index (χ2n) is 6.36. The van der Waals surface area contributed by atoms with Gasteiger partial charge in [0.2, 0.25) is 0 Å². The number of carbonyl (C=O) groups is 2. The number of benzene rings is 2. The first-order chi connectivity index (χ1) is 12.9. The van der Waals surface area contributed by atoms with Crippen LogP contribution in [0.5, 0.6) is 5.75 Å². The Bertz CT molecular complexity index is 791. The number of nitrogens with one attached hydrogen (secondary N) is 1. The molecule has 0 saturated heterocycles. The maximum absolute atomic E-state index is 13.2. The molecule has 0 fully saturated rings. The van der Waals surface area contributed by atoms with Gasteiger partial charge in [0.25, 0.3) is 5.91 Å². The van der Waals surface area contributed by atoms with Gasteiger partial charge in [-0.1, -0.05) is 38.1 Å². The van der Waals surface area contributed by atoms with Crippen LogP contribution in [0.3, 0.4) is 0 Å². The summed E-state index contributed by atoms with van der Waals surface area (Å²) >= 11 is 0. The second kappa shape index (κ2) is 9.71. The van der Waals surface area contributed by atoms with Gasteiger partial charge in [-0.3, -0.25) is 4.79 Å². The monoisotopic (exact) mass is 373 g/mol. The fourth-order valence-electron chi connectivity index (χ4n) is 2.52. The standard InChI is InChI=1S/C21H24FNO4/c1-4-26-18-11-6-5-10-17(18)20(24)23-19(14(2)3)21(25)27-13-15-8-7-9-16(22)12-15/h5-12,14,19H,4,13H2,1-3H3,(H,23,24)/t19-/m0/s1. The molecule has 0 bridgehead atoms. The lowest BCUT2D eigenvalue weighted by molar-refractivity contribution is -0.148. The second-order valence-corrected chi connectivity index (χ2v) is 6.36. The van der Waals surface area contributed by atoms with Crippen molar-refractivity contribution in [3.63, 3.8) is 0 Å². The van der Waals surface area contributed by atoms with Gasteiger partial charge in [0.05, 0.1) is 12.2 Å². The van der Waals surface area contributed by atoms with Crippen LogP contribution in [0, 0.1) is 11.7 Å². The number of esters is 1. The predicted molar refractivity (Wildman–Crippen MR) is 99.9 cm³/mol. The van der Waals surface area contributed by atoms with Crippen molar-refractivity contribution in [3.8, 4) is 5.75 Å². The SMILES string of the molecule is CCOc1ccccc1C(=O)N[C@H](C(=O)OCc1cccc(F)c1)C(C)C. The van der Waals surface area contributed by atoms with Crippen LogP contribution in [0.1, 0.15) is 36.7 Å². The molecule has 0 aliphatic carbocycles. The number of amides is 1. The third kappa shape index (κ3) is 5.81. The summed E-state index contributed by atoms with van der Waals surface area (Å²) in [5.41, 5.74) is 0.891. The largest absolute Gasteiger partial charge is 0.493 e. The minimum absolute atomic E-state index is 0.0643. The maximum atomic E-state index is 13.2. The van der Waals surface area contributed by atoms with Crippen molar-refractivity contribution in [2.24, 2.45) is 5.92 Å². The van der Waals surface area contributed by atoms with Crippen LogP contribution in [-0.4, -0.2) is 24.5 Å². The molecule has 27 heavy (non-hydrogen) atoms. The smallest absolute Gasteiger partial charge is 0.329 e. The Labute approximate surface area is 158 Å². The topological polar surface area (TPSA) is 64.6 Å². The Morgan fingerprint density at radius 1 is 1.11 bits per heavy atom. The Balaban J connectivity index is 2.06. The Morgan fingerprint density at radius 3 is 2.52 bits per heavy atom. The van der Waals surface area contributed by atoms with Crippen molar-refractivity contribution < 1.29 is 23.5 Å². The number of carbonyl (C=O) groups excluding carboxylic acids is 2. The van der Waals surface area contributed by atoms with Gasteiger partial charge in [-0.05, 0) is 42.7 Å². The quantitative estimate of drug-likeness (QED) is 0.716. The first kappa shape index (κ1) is 20.4. The molecule has 0 aliphatic heterocycles. The summed E-state index contributed by atoms with van der Waals surface area (Å²) in [5.74, 6) is -1.12. The van der Waals surface area contributed by atoms with Gasteiger partial charge in [-0.2, -0.15) is 0 Å². The molecule has 0 radical (unpaired) electrons. The third-order valence-electron chi connectivity index (χ3n) is 3.91.